The van der Waals surface area contributed by atoms with Gasteiger partial charge in [0.2, 0.25) is 0 Å². The lowest BCUT2D eigenvalue weighted by Gasteiger charge is -2.19. The summed E-state index contributed by atoms with van der Waals surface area (Å²) in [7, 11) is 1.79. The number of nitrogens with zero attached hydrogens (tertiary/aromatic N) is 1. The monoisotopic (exact) mass is 283 g/mol. The van der Waals surface area contributed by atoms with Crippen molar-refractivity contribution in [2.24, 2.45) is 5.84 Å². The number of nitrogens with two attached hydrogens (primary N) is 1. The molecule has 0 saturated carbocycles. The highest BCUT2D eigenvalue weighted by molar-refractivity contribution is 6.06. The van der Waals surface area contributed by atoms with Crippen LogP contribution in [0.4, 0.5) is 11.4 Å². The number of carbonyl (C=O) groups excluding carboxylic acids is 1. The van der Waals surface area contributed by atoms with Crippen LogP contribution in [0.1, 0.15) is 28.4 Å². The smallest absolute Gasteiger partial charge is 0.258 e. The average Bonchev–Trinajstić information content (AvgIpc) is 2.53. The number of nitrogens with one attached hydrogen (secondary N) is 1. The Morgan fingerprint density at radius 1 is 1.19 bits per heavy atom. The first-order valence-electron chi connectivity index (χ1n) is 7.01. The van der Waals surface area contributed by atoms with E-state index in [0.29, 0.717) is 5.56 Å². The second-order valence-electron chi connectivity index (χ2n) is 5.06. The minimum Gasteiger partial charge on any atom is -0.324 e. The number of aryl methyl sites for hydroxylation is 2. The van der Waals surface area contributed by atoms with Gasteiger partial charge in [-0.1, -0.05) is 19.1 Å². The van der Waals surface area contributed by atoms with Crippen LogP contribution in [0.2, 0.25) is 0 Å². The molecule has 0 bridgehead atoms. The molecule has 4 heteroatoms. The van der Waals surface area contributed by atoms with Gasteiger partial charge in [-0.2, -0.15) is 0 Å². The average molecular weight is 283 g/mol. The largest absolute Gasteiger partial charge is 0.324 e. The minimum atomic E-state index is -0.0275. The first-order chi connectivity index (χ1) is 10.1. The van der Waals surface area contributed by atoms with Gasteiger partial charge in [0.15, 0.2) is 0 Å². The van der Waals surface area contributed by atoms with Crippen LogP contribution in [-0.4, -0.2) is 13.0 Å². The molecule has 110 valence electrons. The van der Waals surface area contributed by atoms with E-state index in [2.05, 4.69) is 12.3 Å². The van der Waals surface area contributed by atoms with Crippen LogP contribution in [0.25, 0.3) is 0 Å². The van der Waals surface area contributed by atoms with Crippen molar-refractivity contribution < 1.29 is 4.79 Å². The van der Waals surface area contributed by atoms with Gasteiger partial charge in [-0.25, -0.2) is 0 Å². The molecule has 0 aliphatic rings. The fourth-order valence-corrected chi connectivity index (χ4v) is 2.25. The van der Waals surface area contributed by atoms with E-state index in [-0.39, 0.29) is 5.91 Å². The Morgan fingerprint density at radius 3 is 2.38 bits per heavy atom. The van der Waals surface area contributed by atoms with Gasteiger partial charge in [-0.05, 0) is 54.8 Å². The molecule has 1 amide bonds. The molecular formula is C17H21N3O. The number of anilines is 2. The fourth-order valence-electron chi connectivity index (χ4n) is 2.25. The van der Waals surface area contributed by atoms with Crippen LogP contribution < -0.4 is 16.2 Å². The predicted molar refractivity (Wildman–Crippen MR) is 87.5 cm³/mol. The third-order valence-electron chi connectivity index (χ3n) is 3.66. The van der Waals surface area contributed by atoms with Crippen LogP contribution in [-0.2, 0) is 6.42 Å². The molecule has 2 aromatic rings. The lowest BCUT2D eigenvalue weighted by atomic mass is 10.1. The van der Waals surface area contributed by atoms with Gasteiger partial charge in [0, 0.05) is 24.0 Å². The Hall–Kier alpha value is -2.33. The van der Waals surface area contributed by atoms with Crippen molar-refractivity contribution in [1.29, 1.82) is 0 Å². The maximum atomic E-state index is 12.6. The molecule has 4 nitrogen and oxygen atoms in total. The standard InChI is InChI=1S/C17H21N3O/c1-4-13-5-8-15(9-6-13)20(3)17(21)16-10-7-14(19-18)11-12(16)2/h5-11,19H,4,18H2,1-3H3. The Labute approximate surface area is 125 Å². The number of nitrogen functional groups attached to an aromatic ring is 1. The third kappa shape index (κ3) is 3.23. The van der Waals surface area contributed by atoms with Crippen molar-refractivity contribution in [1.82, 2.24) is 0 Å². The number of hydrogen-bond donors (Lipinski definition) is 2. The molecular weight excluding hydrogens is 262 g/mol. The minimum absolute atomic E-state index is 0.0275. The second kappa shape index (κ2) is 6.41. The van der Waals surface area contributed by atoms with Crippen LogP contribution in [0, 0.1) is 6.92 Å². The van der Waals surface area contributed by atoms with Crippen molar-refractivity contribution in [3.05, 3.63) is 59.2 Å². The van der Waals surface area contributed by atoms with Crippen molar-refractivity contribution >= 4 is 17.3 Å². The highest BCUT2D eigenvalue weighted by Gasteiger charge is 2.15. The number of hydrazine groups is 1. The molecule has 0 aliphatic heterocycles. The molecule has 0 aliphatic carbocycles. The summed E-state index contributed by atoms with van der Waals surface area (Å²) in [6.07, 6.45) is 0.991. The normalized spacial score (nSPS) is 10.3. The quantitative estimate of drug-likeness (QED) is 0.669. The highest BCUT2D eigenvalue weighted by Crippen LogP contribution is 2.20. The maximum Gasteiger partial charge on any atom is 0.258 e. The summed E-state index contributed by atoms with van der Waals surface area (Å²) in [5.41, 5.74) is 7.09. The molecule has 0 aromatic heterocycles. The first-order valence-corrected chi connectivity index (χ1v) is 7.01. The van der Waals surface area contributed by atoms with Crippen LogP contribution >= 0.6 is 0 Å². The fraction of sp³-hybridized carbons (Fsp3) is 0.235. The molecule has 0 saturated heterocycles. The number of amides is 1. The van der Waals surface area contributed by atoms with E-state index in [4.69, 9.17) is 5.84 Å². The molecule has 2 aromatic carbocycles. The maximum absolute atomic E-state index is 12.6. The third-order valence-corrected chi connectivity index (χ3v) is 3.66. The van der Waals surface area contributed by atoms with Crippen molar-refractivity contribution in [2.75, 3.05) is 17.4 Å². The molecule has 0 radical (unpaired) electrons. The zero-order valence-corrected chi connectivity index (χ0v) is 12.7. The Morgan fingerprint density at radius 2 is 1.86 bits per heavy atom. The van der Waals surface area contributed by atoms with E-state index in [9.17, 15) is 4.79 Å². The van der Waals surface area contributed by atoms with Crippen molar-refractivity contribution in [3.63, 3.8) is 0 Å². The molecule has 0 heterocycles. The van der Waals surface area contributed by atoms with Crippen LogP contribution in [0.3, 0.4) is 0 Å². The summed E-state index contributed by atoms with van der Waals surface area (Å²) >= 11 is 0. The zero-order valence-electron chi connectivity index (χ0n) is 12.7. The van der Waals surface area contributed by atoms with E-state index in [0.717, 1.165) is 23.4 Å². The van der Waals surface area contributed by atoms with E-state index < -0.39 is 0 Å². The van der Waals surface area contributed by atoms with E-state index in [1.165, 1.54) is 5.56 Å². The first kappa shape index (κ1) is 15.1. The lowest BCUT2D eigenvalue weighted by Crippen LogP contribution is -2.27. The summed E-state index contributed by atoms with van der Waals surface area (Å²) < 4.78 is 0. The van der Waals surface area contributed by atoms with Gasteiger partial charge in [-0.3, -0.25) is 10.6 Å². The summed E-state index contributed by atoms with van der Waals surface area (Å²) in [5, 5.41) is 0. The number of rotatable bonds is 4. The molecule has 2 rings (SSSR count). The van der Waals surface area contributed by atoms with Gasteiger partial charge < -0.3 is 10.3 Å². The predicted octanol–water partition coefficient (Wildman–Crippen LogP) is 3.12. The Bertz CT molecular complexity index is 635. The molecule has 0 unspecified atom stereocenters. The van der Waals surface area contributed by atoms with Crippen LogP contribution in [0.5, 0.6) is 0 Å². The summed E-state index contributed by atoms with van der Waals surface area (Å²) in [5.74, 6) is 5.35. The van der Waals surface area contributed by atoms with Gasteiger partial charge in [-0.15, -0.1) is 0 Å². The Balaban J connectivity index is 2.25. The summed E-state index contributed by atoms with van der Waals surface area (Å²) in [6, 6.07) is 13.5. The van der Waals surface area contributed by atoms with E-state index in [1.54, 1.807) is 24.1 Å². The zero-order chi connectivity index (χ0) is 15.4. The number of hydrogen-bond acceptors (Lipinski definition) is 3. The van der Waals surface area contributed by atoms with Crippen LogP contribution in [0.15, 0.2) is 42.5 Å². The van der Waals surface area contributed by atoms with Gasteiger partial charge in [0.25, 0.3) is 5.91 Å². The highest BCUT2D eigenvalue weighted by atomic mass is 16.2. The lowest BCUT2D eigenvalue weighted by molar-refractivity contribution is 0.0992. The SMILES string of the molecule is CCc1ccc(N(C)C(=O)c2ccc(NN)cc2C)cc1. The second-order valence-corrected chi connectivity index (χ2v) is 5.06. The van der Waals surface area contributed by atoms with Crippen molar-refractivity contribution in [2.45, 2.75) is 20.3 Å². The molecule has 3 N–H and O–H groups in total. The van der Waals surface area contributed by atoms with E-state index >= 15 is 0 Å². The topological polar surface area (TPSA) is 58.4 Å². The molecule has 0 atom stereocenters. The molecule has 0 fully saturated rings. The molecule has 0 spiro atoms. The summed E-state index contributed by atoms with van der Waals surface area (Å²) in [4.78, 5) is 14.3. The van der Waals surface area contributed by atoms with Gasteiger partial charge in [0.05, 0.1) is 0 Å². The van der Waals surface area contributed by atoms with E-state index in [1.807, 2.05) is 37.3 Å². The molecule has 21 heavy (non-hydrogen) atoms. The Kier molecular flexibility index (Phi) is 4.60. The van der Waals surface area contributed by atoms with Crippen molar-refractivity contribution in [3.8, 4) is 0 Å². The number of benzene rings is 2. The van der Waals surface area contributed by atoms with Gasteiger partial charge in [0.1, 0.15) is 0 Å². The number of carbonyl (C=O) groups is 1. The summed E-state index contributed by atoms with van der Waals surface area (Å²) in [6.45, 7) is 4.02. The van der Waals surface area contributed by atoms with Gasteiger partial charge >= 0.3 is 0 Å².